The van der Waals surface area contributed by atoms with Gasteiger partial charge in [0.15, 0.2) is 0 Å². The molecule has 112 valence electrons. The number of nitrogens with zero attached hydrogens (tertiary/aromatic N) is 1. The van der Waals surface area contributed by atoms with Crippen molar-refractivity contribution in [3.05, 3.63) is 12.2 Å². The highest BCUT2D eigenvalue weighted by Gasteiger charge is 2.40. The molecular weight excluding hydrogens is 258 g/mol. The number of likely N-dealkylation sites (tertiary alicyclic amines) is 1. The predicted octanol–water partition coefficient (Wildman–Crippen LogP) is 1.68. The van der Waals surface area contributed by atoms with Crippen LogP contribution in [0.25, 0.3) is 0 Å². The van der Waals surface area contributed by atoms with Gasteiger partial charge >= 0.3 is 5.97 Å². The van der Waals surface area contributed by atoms with Gasteiger partial charge in [-0.05, 0) is 32.6 Å². The minimum absolute atomic E-state index is 0.0373. The Bertz CT molecular complexity index is 420. The lowest BCUT2D eigenvalue weighted by Gasteiger charge is -2.41. The molecule has 1 fully saturated rings. The Kier molecular flexibility index (Phi) is 4.48. The van der Waals surface area contributed by atoms with Crippen LogP contribution in [0, 0.1) is 11.8 Å². The van der Waals surface area contributed by atoms with Crippen molar-refractivity contribution in [2.24, 2.45) is 11.8 Å². The van der Waals surface area contributed by atoms with Crippen LogP contribution in [-0.4, -0.2) is 47.7 Å². The van der Waals surface area contributed by atoms with Gasteiger partial charge in [0.2, 0.25) is 5.91 Å². The molecule has 1 aliphatic heterocycles. The molecule has 1 N–H and O–H groups in total. The summed E-state index contributed by atoms with van der Waals surface area (Å²) in [5.74, 6) is -1.94. The molecule has 5 nitrogen and oxygen atoms in total. The number of carbonyl (C=O) groups is 2. The Labute approximate surface area is 119 Å². The second-order valence-corrected chi connectivity index (χ2v) is 6.01. The largest absolute Gasteiger partial charge is 0.481 e. The van der Waals surface area contributed by atoms with Crippen LogP contribution >= 0.6 is 0 Å². The summed E-state index contributed by atoms with van der Waals surface area (Å²) >= 11 is 0. The first-order valence-corrected chi connectivity index (χ1v) is 7.18. The number of hydrogen-bond acceptors (Lipinski definition) is 3. The van der Waals surface area contributed by atoms with Crippen LogP contribution in [0.1, 0.15) is 32.6 Å². The molecule has 2 rings (SSSR count). The molecule has 0 aromatic carbocycles. The Morgan fingerprint density at radius 2 is 1.95 bits per heavy atom. The minimum atomic E-state index is -0.876. The molecule has 0 aromatic heterocycles. The van der Waals surface area contributed by atoms with Crippen LogP contribution in [0.5, 0.6) is 0 Å². The number of methoxy groups -OCH3 is 1. The van der Waals surface area contributed by atoms with Crippen LogP contribution in [-0.2, 0) is 14.3 Å². The molecule has 0 spiro atoms. The quantitative estimate of drug-likeness (QED) is 0.799. The summed E-state index contributed by atoms with van der Waals surface area (Å²) in [6.07, 6.45) is 6.58. The zero-order valence-corrected chi connectivity index (χ0v) is 12.2. The van der Waals surface area contributed by atoms with E-state index < -0.39 is 17.8 Å². The lowest BCUT2D eigenvalue weighted by molar-refractivity contribution is -0.154. The molecule has 1 saturated heterocycles. The van der Waals surface area contributed by atoms with Gasteiger partial charge in [-0.25, -0.2) is 0 Å². The van der Waals surface area contributed by atoms with Crippen LogP contribution in [0.3, 0.4) is 0 Å². The third-order valence-corrected chi connectivity index (χ3v) is 4.53. The fourth-order valence-electron chi connectivity index (χ4n) is 3.15. The van der Waals surface area contributed by atoms with Crippen molar-refractivity contribution in [2.45, 2.75) is 38.2 Å². The topological polar surface area (TPSA) is 66.8 Å². The van der Waals surface area contributed by atoms with Gasteiger partial charge in [-0.3, -0.25) is 9.59 Å². The van der Waals surface area contributed by atoms with E-state index in [0.717, 1.165) is 12.8 Å². The SMILES string of the molecule is COC1(C)CCCN(C(=O)[C@@H]2CC=CC[C@@H]2C(=O)O)C1. The number of rotatable bonds is 3. The van der Waals surface area contributed by atoms with Crippen LogP contribution in [0.4, 0.5) is 0 Å². The van der Waals surface area contributed by atoms with Crippen LogP contribution in [0.15, 0.2) is 12.2 Å². The highest BCUT2D eigenvalue weighted by molar-refractivity contribution is 5.85. The molecule has 3 atom stereocenters. The number of allylic oxidation sites excluding steroid dienone is 2. The zero-order valence-electron chi connectivity index (χ0n) is 12.2. The molecule has 0 radical (unpaired) electrons. The van der Waals surface area contributed by atoms with Crippen molar-refractivity contribution in [1.29, 1.82) is 0 Å². The van der Waals surface area contributed by atoms with Gasteiger partial charge in [-0.2, -0.15) is 0 Å². The van der Waals surface area contributed by atoms with E-state index in [-0.39, 0.29) is 11.5 Å². The Morgan fingerprint density at radius 1 is 1.30 bits per heavy atom. The average Bonchev–Trinajstić information content (AvgIpc) is 2.46. The maximum Gasteiger partial charge on any atom is 0.307 e. The summed E-state index contributed by atoms with van der Waals surface area (Å²) in [4.78, 5) is 25.7. The number of carbonyl (C=O) groups excluding carboxylic acids is 1. The molecule has 0 saturated carbocycles. The first-order chi connectivity index (χ1) is 9.47. The van der Waals surface area contributed by atoms with Crippen molar-refractivity contribution in [1.82, 2.24) is 4.90 Å². The van der Waals surface area contributed by atoms with E-state index in [1.165, 1.54) is 0 Å². The summed E-state index contributed by atoms with van der Waals surface area (Å²) < 4.78 is 5.50. The number of carboxylic acids is 1. The van der Waals surface area contributed by atoms with Crippen molar-refractivity contribution in [3.63, 3.8) is 0 Å². The summed E-state index contributed by atoms with van der Waals surface area (Å²) in [5, 5.41) is 9.28. The van der Waals surface area contributed by atoms with Crippen LogP contribution < -0.4 is 0 Å². The molecule has 1 unspecified atom stereocenters. The Hall–Kier alpha value is -1.36. The summed E-state index contributed by atoms with van der Waals surface area (Å²) in [6.45, 7) is 3.25. The minimum Gasteiger partial charge on any atom is -0.481 e. The smallest absolute Gasteiger partial charge is 0.307 e. The molecule has 1 amide bonds. The van der Waals surface area contributed by atoms with Crippen molar-refractivity contribution in [2.75, 3.05) is 20.2 Å². The number of amides is 1. The molecular formula is C15H23NO4. The molecule has 5 heteroatoms. The van der Waals surface area contributed by atoms with E-state index in [0.29, 0.717) is 25.9 Å². The molecule has 20 heavy (non-hydrogen) atoms. The second kappa shape index (κ2) is 5.95. The first-order valence-electron chi connectivity index (χ1n) is 7.18. The predicted molar refractivity (Wildman–Crippen MR) is 74.2 cm³/mol. The molecule has 1 aliphatic carbocycles. The number of carboxylic acid groups (broad SMARTS) is 1. The van der Waals surface area contributed by atoms with Gasteiger partial charge in [-0.1, -0.05) is 12.2 Å². The maximum absolute atomic E-state index is 12.6. The van der Waals surface area contributed by atoms with Gasteiger partial charge in [0.1, 0.15) is 0 Å². The van der Waals surface area contributed by atoms with E-state index in [9.17, 15) is 14.7 Å². The van der Waals surface area contributed by atoms with Crippen molar-refractivity contribution in [3.8, 4) is 0 Å². The maximum atomic E-state index is 12.6. The Balaban J connectivity index is 2.09. The third-order valence-electron chi connectivity index (χ3n) is 4.53. The molecule has 0 bridgehead atoms. The van der Waals surface area contributed by atoms with E-state index in [4.69, 9.17) is 4.74 Å². The van der Waals surface area contributed by atoms with E-state index in [2.05, 4.69) is 0 Å². The average molecular weight is 281 g/mol. The highest BCUT2D eigenvalue weighted by atomic mass is 16.5. The van der Waals surface area contributed by atoms with Gasteiger partial charge in [0.05, 0.1) is 17.4 Å². The van der Waals surface area contributed by atoms with E-state index in [1.807, 2.05) is 19.1 Å². The fraction of sp³-hybridized carbons (Fsp3) is 0.733. The van der Waals surface area contributed by atoms with Crippen LogP contribution in [0.2, 0.25) is 0 Å². The number of aliphatic carboxylic acids is 1. The molecule has 2 aliphatic rings. The Morgan fingerprint density at radius 3 is 2.55 bits per heavy atom. The van der Waals surface area contributed by atoms with E-state index in [1.54, 1.807) is 12.0 Å². The lowest BCUT2D eigenvalue weighted by Crippen LogP contribution is -2.52. The second-order valence-electron chi connectivity index (χ2n) is 6.01. The number of hydrogen-bond donors (Lipinski definition) is 1. The van der Waals surface area contributed by atoms with Gasteiger partial charge in [0.25, 0.3) is 0 Å². The molecule has 0 aromatic rings. The van der Waals surface area contributed by atoms with Gasteiger partial charge in [-0.15, -0.1) is 0 Å². The van der Waals surface area contributed by atoms with Gasteiger partial charge in [0, 0.05) is 20.2 Å². The number of ether oxygens (including phenoxy) is 1. The standard InChI is InChI=1S/C15H23NO4/c1-15(20-2)8-5-9-16(10-15)13(17)11-6-3-4-7-12(11)14(18)19/h3-4,11-12H,5-10H2,1-2H3,(H,18,19)/t11-,12+,15?/m1/s1. The molecule has 1 heterocycles. The zero-order chi connectivity index (χ0) is 14.8. The fourth-order valence-corrected chi connectivity index (χ4v) is 3.15. The summed E-state index contributed by atoms with van der Waals surface area (Å²) in [7, 11) is 1.66. The van der Waals surface area contributed by atoms with E-state index >= 15 is 0 Å². The highest BCUT2D eigenvalue weighted by Crippen LogP contribution is 2.31. The van der Waals surface area contributed by atoms with Crippen molar-refractivity contribution < 1.29 is 19.4 Å². The summed E-state index contributed by atoms with van der Waals surface area (Å²) in [5.41, 5.74) is -0.308. The number of piperidine rings is 1. The van der Waals surface area contributed by atoms with Gasteiger partial charge < -0.3 is 14.7 Å². The first kappa shape index (κ1) is 15.0. The monoisotopic (exact) mass is 281 g/mol. The van der Waals surface area contributed by atoms with Crippen molar-refractivity contribution >= 4 is 11.9 Å². The normalized spacial score (nSPS) is 34.0. The third kappa shape index (κ3) is 3.03. The summed E-state index contributed by atoms with van der Waals surface area (Å²) in [6, 6.07) is 0. The lowest BCUT2D eigenvalue weighted by atomic mass is 9.81.